The Labute approximate surface area is 142 Å². The molecule has 122 valence electrons. The highest BCUT2D eigenvalue weighted by Gasteiger charge is 2.30. The van der Waals surface area contributed by atoms with Crippen LogP contribution in [0, 0.1) is 18.8 Å². The van der Waals surface area contributed by atoms with Crippen molar-refractivity contribution in [2.75, 3.05) is 13.6 Å². The molecule has 1 fully saturated rings. The first-order valence-corrected chi connectivity index (χ1v) is 8.78. The van der Waals surface area contributed by atoms with Crippen molar-refractivity contribution in [3.8, 4) is 5.88 Å². The van der Waals surface area contributed by atoms with Crippen LogP contribution in [0.5, 0.6) is 5.88 Å². The number of halogens is 1. The predicted octanol–water partition coefficient (Wildman–Crippen LogP) is 4.58. The molecule has 0 amide bonds. The molecule has 2 atom stereocenters. The van der Waals surface area contributed by atoms with E-state index in [0.29, 0.717) is 5.88 Å². The molecule has 1 aliphatic carbocycles. The van der Waals surface area contributed by atoms with Crippen molar-refractivity contribution in [2.24, 2.45) is 16.8 Å². The van der Waals surface area contributed by atoms with Gasteiger partial charge in [0, 0.05) is 13.6 Å². The smallest absolute Gasteiger partial charge is 0.228 e. The number of aromatic nitrogens is 1. The van der Waals surface area contributed by atoms with Gasteiger partial charge in [0.2, 0.25) is 5.88 Å². The molecule has 1 aromatic heterocycles. The molecule has 1 saturated carbocycles. The van der Waals surface area contributed by atoms with Gasteiger partial charge in [0.15, 0.2) is 0 Å². The van der Waals surface area contributed by atoms with Gasteiger partial charge in [-0.25, -0.2) is 9.98 Å². The summed E-state index contributed by atoms with van der Waals surface area (Å²) in [5.74, 6) is 2.13. The summed E-state index contributed by atoms with van der Waals surface area (Å²) in [5, 5.41) is 0. The highest BCUT2D eigenvalue weighted by atomic mass is 79.9. The third-order valence-corrected chi connectivity index (χ3v) is 5.09. The van der Waals surface area contributed by atoms with Gasteiger partial charge in [-0.05, 0) is 60.5 Å². The summed E-state index contributed by atoms with van der Waals surface area (Å²) in [6, 6.07) is 1.99. The first-order valence-electron chi connectivity index (χ1n) is 7.98. The summed E-state index contributed by atoms with van der Waals surface area (Å²) in [7, 11) is 2.00. The maximum atomic E-state index is 6.11. The van der Waals surface area contributed by atoms with Crippen LogP contribution in [-0.2, 0) is 0 Å². The molecule has 0 N–H and O–H groups in total. The summed E-state index contributed by atoms with van der Waals surface area (Å²) in [5.41, 5.74) is 1.76. The average Bonchev–Trinajstić information content (AvgIpc) is 2.79. The molecule has 2 rings (SSSR count). The Morgan fingerprint density at radius 1 is 1.41 bits per heavy atom. The topological polar surface area (TPSA) is 37.7 Å². The van der Waals surface area contributed by atoms with E-state index in [0.717, 1.165) is 47.1 Å². The number of hydrogen-bond acceptors (Lipinski definition) is 3. The summed E-state index contributed by atoms with van der Waals surface area (Å²) in [6.07, 6.45) is 4.32. The van der Waals surface area contributed by atoms with Gasteiger partial charge in [-0.3, -0.25) is 0 Å². The van der Waals surface area contributed by atoms with Crippen LogP contribution < -0.4 is 4.74 Å². The molecule has 1 aromatic rings. The molecule has 22 heavy (non-hydrogen) atoms. The van der Waals surface area contributed by atoms with Crippen molar-refractivity contribution in [1.29, 1.82) is 0 Å². The number of ether oxygens (including phenoxy) is 1. The second-order valence-electron chi connectivity index (χ2n) is 6.36. The van der Waals surface area contributed by atoms with Gasteiger partial charge in [0.25, 0.3) is 0 Å². The Bertz CT molecular complexity index is 537. The van der Waals surface area contributed by atoms with E-state index in [2.05, 4.69) is 46.7 Å². The lowest BCUT2D eigenvalue weighted by atomic mass is 10.0. The largest absolute Gasteiger partial charge is 0.474 e. The minimum atomic E-state index is 0.272. The van der Waals surface area contributed by atoms with Gasteiger partial charge in [-0.1, -0.05) is 13.8 Å². The van der Waals surface area contributed by atoms with E-state index < -0.39 is 0 Å². The van der Waals surface area contributed by atoms with Crippen molar-refractivity contribution < 1.29 is 4.74 Å². The molecule has 5 heteroatoms. The summed E-state index contributed by atoms with van der Waals surface area (Å²) in [4.78, 5) is 11.1. The average molecular weight is 368 g/mol. The van der Waals surface area contributed by atoms with Crippen LogP contribution in [0.3, 0.4) is 0 Å². The summed E-state index contributed by atoms with van der Waals surface area (Å²) < 4.78 is 6.98. The zero-order chi connectivity index (χ0) is 16.3. The third-order valence-electron chi connectivity index (χ3n) is 4.52. The quantitative estimate of drug-likeness (QED) is 0.564. The van der Waals surface area contributed by atoms with E-state index in [1.807, 2.05) is 31.3 Å². The van der Waals surface area contributed by atoms with Crippen LogP contribution in [0.15, 0.2) is 15.5 Å². The fourth-order valence-corrected chi connectivity index (χ4v) is 3.05. The molecule has 0 radical (unpaired) electrons. The van der Waals surface area contributed by atoms with Gasteiger partial charge >= 0.3 is 0 Å². The molecule has 0 aromatic carbocycles. The van der Waals surface area contributed by atoms with Crippen molar-refractivity contribution in [1.82, 2.24) is 9.88 Å². The van der Waals surface area contributed by atoms with Gasteiger partial charge < -0.3 is 9.64 Å². The van der Waals surface area contributed by atoms with Gasteiger partial charge in [0.05, 0.1) is 22.2 Å². The molecule has 1 aliphatic rings. The van der Waals surface area contributed by atoms with Crippen LogP contribution in [0.4, 0.5) is 5.69 Å². The standard InChI is InChI=1S/C17H26BrN3O/c1-6-21(5)10-19-16-9-15(18)17(20-13(16)4)22-14-7-11(2)12(3)8-14/h9-12,14H,6-8H2,1-5H3/b19-10+. The molecule has 0 spiro atoms. The number of aliphatic imine (C=N–C) groups is 1. The Morgan fingerprint density at radius 3 is 2.64 bits per heavy atom. The Morgan fingerprint density at radius 2 is 2.05 bits per heavy atom. The van der Waals surface area contributed by atoms with Gasteiger partial charge in [0.1, 0.15) is 6.10 Å². The first-order chi connectivity index (χ1) is 10.4. The van der Waals surface area contributed by atoms with Gasteiger partial charge in [-0.15, -0.1) is 0 Å². The zero-order valence-electron chi connectivity index (χ0n) is 14.1. The van der Waals surface area contributed by atoms with Crippen molar-refractivity contribution in [3.05, 3.63) is 16.2 Å². The molecule has 1 heterocycles. The van der Waals surface area contributed by atoms with Crippen LogP contribution in [0.1, 0.15) is 39.3 Å². The number of nitrogens with zero attached hydrogens (tertiary/aromatic N) is 3. The highest BCUT2D eigenvalue weighted by molar-refractivity contribution is 9.10. The molecule has 0 saturated heterocycles. The van der Waals surface area contributed by atoms with Crippen molar-refractivity contribution >= 4 is 28.0 Å². The van der Waals surface area contributed by atoms with E-state index >= 15 is 0 Å². The first kappa shape index (κ1) is 17.3. The van der Waals surface area contributed by atoms with E-state index in [9.17, 15) is 0 Å². The van der Waals surface area contributed by atoms with E-state index in [4.69, 9.17) is 4.74 Å². The van der Waals surface area contributed by atoms with E-state index in [-0.39, 0.29) is 6.10 Å². The van der Waals surface area contributed by atoms with Crippen molar-refractivity contribution in [2.45, 2.75) is 46.6 Å². The molecule has 0 bridgehead atoms. The van der Waals surface area contributed by atoms with Crippen LogP contribution >= 0.6 is 15.9 Å². The lowest BCUT2D eigenvalue weighted by Crippen LogP contribution is -2.14. The summed E-state index contributed by atoms with van der Waals surface area (Å²) >= 11 is 3.57. The zero-order valence-corrected chi connectivity index (χ0v) is 15.7. The van der Waals surface area contributed by atoms with Crippen molar-refractivity contribution in [3.63, 3.8) is 0 Å². The molecule has 2 unspecified atom stereocenters. The SMILES string of the molecule is CCN(C)/C=N/c1cc(Br)c(OC2CC(C)C(C)C2)nc1C. The van der Waals surface area contributed by atoms with E-state index in [1.165, 1.54) is 0 Å². The number of rotatable bonds is 5. The number of pyridine rings is 1. The normalized spacial score (nSPS) is 24.9. The number of hydrogen-bond donors (Lipinski definition) is 0. The van der Waals surface area contributed by atoms with Crippen LogP contribution in [0.25, 0.3) is 0 Å². The predicted molar refractivity (Wildman–Crippen MR) is 95.1 cm³/mol. The molecule has 4 nitrogen and oxygen atoms in total. The summed E-state index contributed by atoms with van der Waals surface area (Å²) in [6.45, 7) is 9.58. The fraction of sp³-hybridized carbons (Fsp3) is 0.647. The molecular formula is C17H26BrN3O. The monoisotopic (exact) mass is 367 g/mol. The van der Waals surface area contributed by atoms with E-state index in [1.54, 1.807) is 0 Å². The lowest BCUT2D eigenvalue weighted by Gasteiger charge is -2.15. The van der Waals surface area contributed by atoms with Crippen LogP contribution in [0.2, 0.25) is 0 Å². The Balaban J connectivity index is 2.11. The molecular weight excluding hydrogens is 342 g/mol. The van der Waals surface area contributed by atoms with Gasteiger partial charge in [-0.2, -0.15) is 0 Å². The fourth-order valence-electron chi connectivity index (χ4n) is 2.65. The minimum Gasteiger partial charge on any atom is -0.474 e. The second kappa shape index (κ2) is 7.44. The third kappa shape index (κ3) is 4.22. The number of aryl methyl sites for hydroxylation is 1. The molecule has 0 aliphatic heterocycles. The lowest BCUT2D eigenvalue weighted by molar-refractivity contribution is 0.193. The maximum Gasteiger partial charge on any atom is 0.228 e. The highest BCUT2D eigenvalue weighted by Crippen LogP contribution is 2.36. The second-order valence-corrected chi connectivity index (χ2v) is 7.22. The Hall–Kier alpha value is -1.10. The maximum absolute atomic E-state index is 6.11. The minimum absolute atomic E-state index is 0.272. The van der Waals surface area contributed by atoms with Crippen LogP contribution in [-0.4, -0.2) is 35.9 Å². The Kier molecular flexibility index (Phi) is 5.84.